The van der Waals surface area contributed by atoms with E-state index in [2.05, 4.69) is 10.2 Å². The van der Waals surface area contributed by atoms with Crippen molar-refractivity contribution in [2.45, 2.75) is 25.7 Å². The van der Waals surface area contributed by atoms with E-state index in [9.17, 15) is 0 Å². The maximum atomic E-state index is 6.02. The first-order valence-corrected chi connectivity index (χ1v) is 6.75. The summed E-state index contributed by atoms with van der Waals surface area (Å²) >= 11 is 0. The summed E-state index contributed by atoms with van der Waals surface area (Å²) in [5.41, 5.74) is 9.27. The first-order valence-electron chi connectivity index (χ1n) is 6.75. The number of methoxy groups -OCH3 is 1. The van der Waals surface area contributed by atoms with Gasteiger partial charge in [-0.1, -0.05) is 31.4 Å². The molecule has 0 unspecified atom stereocenters. The van der Waals surface area contributed by atoms with Gasteiger partial charge in [-0.25, -0.2) is 0 Å². The van der Waals surface area contributed by atoms with Crippen molar-refractivity contribution in [3.05, 3.63) is 30.0 Å². The van der Waals surface area contributed by atoms with Gasteiger partial charge in [-0.05, 0) is 30.0 Å². The molecule has 1 fully saturated rings. The average molecular weight is 257 g/mol. The maximum absolute atomic E-state index is 6.02. The molecule has 0 radical (unpaired) electrons. The number of ether oxygens (including phenoxy) is 1. The first kappa shape index (κ1) is 12.1. The highest BCUT2D eigenvalue weighted by Crippen LogP contribution is 2.35. The maximum Gasteiger partial charge on any atom is 0.153 e. The van der Waals surface area contributed by atoms with Gasteiger partial charge < -0.3 is 10.5 Å². The SMILES string of the molecule is COc1cccc(-c2c(N)n[nH]c2CC2CCC2)c1. The third kappa shape index (κ3) is 2.30. The molecule has 0 saturated heterocycles. The summed E-state index contributed by atoms with van der Waals surface area (Å²) in [4.78, 5) is 0. The number of hydrogen-bond acceptors (Lipinski definition) is 3. The van der Waals surface area contributed by atoms with E-state index in [1.807, 2.05) is 24.3 Å². The molecule has 1 heterocycles. The van der Waals surface area contributed by atoms with Crippen molar-refractivity contribution >= 4 is 5.82 Å². The molecule has 1 aliphatic carbocycles. The Morgan fingerprint density at radius 2 is 2.26 bits per heavy atom. The highest BCUT2D eigenvalue weighted by atomic mass is 16.5. The van der Waals surface area contributed by atoms with Crippen LogP contribution in [-0.4, -0.2) is 17.3 Å². The third-order valence-corrected chi connectivity index (χ3v) is 3.95. The topological polar surface area (TPSA) is 63.9 Å². The monoisotopic (exact) mass is 257 g/mol. The standard InChI is InChI=1S/C15H19N3O/c1-19-12-7-3-6-11(9-12)14-13(17-18-15(14)16)8-10-4-2-5-10/h3,6-7,9-10H,2,4-5,8H2,1H3,(H3,16,17,18). The molecule has 19 heavy (non-hydrogen) atoms. The lowest BCUT2D eigenvalue weighted by Gasteiger charge is -2.25. The molecule has 0 amide bonds. The number of rotatable bonds is 4. The van der Waals surface area contributed by atoms with Crippen molar-refractivity contribution in [1.29, 1.82) is 0 Å². The van der Waals surface area contributed by atoms with Gasteiger partial charge >= 0.3 is 0 Å². The number of aromatic amines is 1. The number of nitrogens with one attached hydrogen (secondary N) is 1. The molecule has 0 bridgehead atoms. The molecule has 3 rings (SSSR count). The van der Waals surface area contributed by atoms with E-state index >= 15 is 0 Å². The Morgan fingerprint density at radius 1 is 1.42 bits per heavy atom. The lowest BCUT2D eigenvalue weighted by molar-refractivity contribution is 0.312. The van der Waals surface area contributed by atoms with Gasteiger partial charge in [-0.15, -0.1) is 0 Å². The molecule has 0 aliphatic heterocycles. The van der Waals surface area contributed by atoms with E-state index in [-0.39, 0.29) is 0 Å². The number of benzene rings is 1. The van der Waals surface area contributed by atoms with E-state index in [0.29, 0.717) is 5.82 Å². The Bertz CT molecular complexity index is 573. The van der Waals surface area contributed by atoms with Gasteiger partial charge in [0.05, 0.1) is 7.11 Å². The van der Waals surface area contributed by atoms with Crippen molar-refractivity contribution in [2.24, 2.45) is 5.92 Å². The fourth-order valence-electron chi connectivity index (χ4n) is 2.63. The number of anilines is 1. The van der Waals surface area contributed by atoms with Crippen molar-refractivity contribution in [1.82, 2.24) is 10.2 Å². The van der Waals surface area contributed by atoms with Crippen LogP contribution in [-0.2, 0) is 6.42 Å². The number of H-pyrrole nitrogens is 1. The molecule has 1 aromatic carbocycles. The van der Waals surface area contributed by atoms with Gasteiger partial charge in [0.25, 0.3) is 0 Å². The Morgan fingerprint density at radius 3 is 2.95 bits per heavy atom. The lowest BCUT2D eigenvalue weighted by Crippen LogP contribution is -2.14. The van der Waals surface area contributed by atoms with Gasteiger partial charge in [-0.3, -0.25) is 5.10 Å². The minimum atomic E-state index is 0.572. The Kier molecular flexibility index (Phi) is 3.15. The van der Waals surface area contributed by atoms with Crippen molar-refractivity contribution < 1.29 is 4.74 Å². The number of nitrogens with zero attached hydrogens (tertiary/aromatic N) is 1. The second-order valence-electron chi connectivity index (χ2n) is 5.20. The highest BCUT2D eigenvalue weighted by Gasteiger charge is 2.22. The van der Waals surface area contributed by atoms with Crippen molar-refractivity contribution in [2.75, 3.05) is 12.8 Å². The van der Waals surface area contributed by atoms with Crippen molar-refractivity contribution in [3.8, 4) is 16.9 Å². The molecule has 0 atom stereocenters. The normalized spacial score (nSPS) is 15.2. The van der Waals surface area contributed by atoms with Gasteiger partial charge in [-0.2, -0.15) is 5.10 Å². The molecular weight excluding hydrogens is 238 g/mol. The average Bonchev–Trinajstić information content (AvgIpc) is 2.75. The zero-order chi connectivity index (χ0) is 13.2. The smallest absolute Gasteiger partial charge is 0.153 e. The Balaban J connectivity index is 1.95. The minimum absolute atomic E-state index is 0.572. The summed E-state index contributed by atoms with van der Waals surface area (Å²) in [5.74, 6) is 2.19. The summed E-state index contributed by atoms with van der Waals surface area (Å²) < 4.78 is 5.27. The fraction of sp³-hybridized carbons (Fsp3) is 0.400. The molecule has 1 saturated carbocycles. The lowest BCUT2D eigenvalue weighted by atomic mass is 9.81. The second-order valence-corrected chi connectivity index (χ2v) is 5.20. The number of hydrogen-bond donors (Lipinski definition) is 2. The van der Waals surface area contributed by atoms with Gasteiger partial charge in [0.15, 0.2) is 5.82 Å². The third-order valence-electron chi connectivity index (χ3n) is 3.95. The fourth-order valence-corrected chi connectivity index (χ4v) is 2.63. The van der Waals surface area contributed by atoms with E-state index in [4.69, 9.17) is 10.5 Å². The number of nitrogen functional groups attached to an aromatic ring is 1. The molecule has 100 valence electrons. The molecular formula is C15H19N3O. The van der Waals surface area contributed by atoms with Crippen LogP contribution >= 0.6 is 0 Å². The van der Waals surface area contributed by atoms with Crippen LogP contribution in [0.2, 0.25) is 0 Å². The van der Waals surface area contributed by atoms with Crippen LogP contribution in [0.15, 0.2) is 24.3 Å². The van der Waals surface area contributed by atoms with Crippen molar-refractivity contribution in [3.63, 3.8) is 0 Å². The Labute approximate surface area is 113 Å². The first-order chi connectivity index (χ1) is 9.28. The minimum Gasteiger partial charge on any atom is -0.497 e. The molecule has 0 spiro atoms. The zero-order valence-corrected chi connectivity index (χ0v) is 11.1. The van der Waals surface area contributed by atoms with Crippen LogP contribution < -0.4 is 10.5 Å². The molecule has 4 heteroatoms. The molecule has 1 aliphatic rings. The van der Waals surface area contributed by atoms with E-state index in [0.717, 1.165) is 34.9 Å². The Hall–Kier alpha value is -1.97. The molecule has 4 nitrogen and oxygen atoms in total. The van der Waals surface area contributed by atoms with Crippen LogP contribution in [0.25, 0.3) is 11.1 Å². The predicted molar refractivity (Wildman–Crippen MR) is 76.0 cm³/mol. The van der Waals surface area contributed by atoms with Crippen LogP contribution in [0.1, 0.15) is 25.0 Å². The highest BCUT2D eigenvalue weighted by molar-refractivity contribution is 5.77. The summed E-state index contributed by atoms with van der Waals surface area (Å²) in [5, 5.41) is 7.27. The van der Waals surface area contributed by atoms with E-state index < -0.39 is 0 Å². The van der Waals surface area contributed by atoms with Crippen LogP contribution in [0, 0.1) is 5.92 Å². The van der Waals surface area contributed by atoms with Gasteiger partial charge in [0.2, 0.25) is 0 Å². The second kappa shape index (κ2) is 4.96. The zero-order valence-electron chi connectivity index (χ0n) is 11.1. The van der Waals surface area contributed by atoms with Gasteiger partial charge in [0.1, 0.15) is 5.75 Å². The van der Waals surface area contributed by atoms with Gasteiger partial charge in [0, 0.05) is 11.3 Å². The summed E-state index contributed by atoms with van der Waals surface area (Å²) in [7, 11) is 1.67. The number of aromatic nitrogens is 2. The molecule has 3 N–H and O–H groups in total. The molecule has 1 aromatic heterocycles. The largest absolute Gasteiger partial charge is 0.497 e. The van der Waals surface area contributed by atoms with Crippen LogP contribution in [0.4, 0.5) is 5.82 Å². The summed E-state index contributed by atoms with van der Waals surface area (Å²) in [6.45, 7) is 0. The predicted octanol–water partition coefficient (Wildman–Crippen LogP) is 3.01. The summed E-state index contributed by atoms with van der Waals surface area (Å²) in [6, 6.07) is 7.97. The van der Waals surface area contributed by atoms with Crippen LogP contribution in [0.5, 0.6) is 5.75 Å². The molecule has 2 aromatic rings. The van der Waals surface area contributed by atoms with E-state index in [1.54, 1.807) is 7.11 Å². The number of nitrogens with two attached hydrogens (primary N) is 1. The quantitative estimate of drug-likeness (QED) is 0.885. The summed E-state index contributed by atoms with van der Waals surface area (Å²) in [6.07, 6.45) is 5.02. The van der Waals surface area contributed by atoms with E-state index in [1.165, 1.54) is 19.3 Å². The van der Waals surface area contributed by atoms with Crippen LogP contribution in [0.3, 0.4) is 0 Å².